The molecule has 1 saturated heterocycles. The van der Waals surface area contributed by atoms with Gasteiger partial charge in [-0.15, -0.1) is 0 Å². The summed E-state index contributed by atoms with van der Waals surface area (Å²) in [6, 6.07) is 2.86. The molecular formula is C9H17N3. The van der Waals surface area contributed by atoms with E-state index in [4.69, 9.17) is 5.26 Å². The monoisotopic (exact) mass is 167 g/mol. The summed E-state index contributed by atoms with van der Waals surface area (Å²) in [5.74, 6) is 0. The highest BCUT2D eigenvalue weighted by atomic mass is 15.3. The molecule has 2 atom stereocenters. The van der Waals surface area contributed by atoms with Gasteiger partial charge in [0.25, 0.3) is 0 Å². The van der Waals surface area contributed by atoms with Crippen molar-refractivity contribution in [3.05, 3.63) is 0 Å². The Hall–Kier alpha value is -0.590. The van der Waals surface area contributed by atoms with Crippen LogP contribution in [0.3, 0.4) is 0 Å². The van der Waals surface area contributed by atoms with Crippen LogP contribution in [0.2, 0.25) is 0 Å². The third-order valence-electron chi connectivity index (χ3n) is 2.57. The van der Waals surface area contributed by atoms with E-state index in [9.17, 15) is 0 Å². The summed E-state index contributed by atoms with van der Waals surface area (Å²) >= 11 is 0. The van der Waals surface area contributed by atoms with Gasteiger partial charge >= 0.3 is 0 Å². The minimum absolute atomic E-state index is 0.0636. The lowest BCUT2D eigenvalue weighted by Crippen LogP contribution is -2.53. The van der Waals surface area contributed by atoms with Crippen LogP contribution < -0.4 is 0 Å². The Kier molecular flexibility index (Phi) is 3.07. The van der Waals surface area contributed by atoms with Gasteiger partial charge in [-0.1, -0.05) is 0 Å². The summed E-state index contributed by atoms with van der Waals surface area (Å²) in [6.45, 7) is 7.33. The second kappa shape index (κ2) is 3.88. The van der Waals surface area contributed by atoms with Gasteiger partial charge in [-0.05, 0) is 20.9 Å². The lowest BCUT2D eigenvalue weighted by atomic mass is 10.1. The molecule has 0 aliphatic carbocycles. The maximum absolute atomic E-state index is 8.77. The molecule has 1 heterocycles. The maximum atomic E-state index is 8.77. The highest BCUT2D eigenvalue weighted by Crippen LogP contribution is 2.10. The van der Waals surface area contributed by atoms with Gasteiger partial charge in [0, 0.05) is 25.7 Å². The molecule has 0 aromatic carbocycles. The summed E-state index contributed by atoms with van der Waals surface area (Å²) in [5, 5.41) is 8.77. The van der Waals surface area contributed by atoms with E-state index in [2.05, 4.69) is 29.8 Å². The van der Waals surface area contributed by atoms with Crippen molar-refractivity contribution in [1.29, 1.82) is 5.26 Å². The molecule has 1 rings (SSSR count). The molecule has 1 aliphatic rings. The van der Waals surface area contributed by atoms with Crippen molar-refractivity contribution in [2.45, 2.75) is 25.9 Å². The van der Waals surface area contributed by atoms with Gasteiger partial charge < -0.3 is 4.90 Å². The second-order valence-corrected chi connectivity index (χ2v) is 3.65. The molecule has 3 heteroatoms. The third-order valence-corrected chi connectivity index (χ3v) is 2.57. The van der Waals surface area contributed by atoms with E-state index in [0.29, 0.717) is 6.04 Å². The Balaban J connectivity index is 2.51. The van der Waals surface area contributed by atoms with E-state index >= 15 is 0 Å². The molecule has 0 saturated carbocycles. The molecule has 0 bridgehead atoms. The van der Waals surface area contributed by atoms with Crippen LogP contribution in [0, 0.1) is 11.3 Å². The predicted octanol–water partition coefficient (Wildman–Crippen LogP) is 0.534. The molecule has 1 fully saturated rings. The van der Waals surface area contributed by atoms with E-state index in [0.717, 1.165) is 19.6 Å². The summed E-state index contributed by atoms with van der Waals surface area (Å²) < 4.78 is 0. The SMILES string of the molecule is CC(C#N)N1CCN(C)CC1C. The molecule has 2 unspecified atom stereocenters. The zero-order valence-electron chi connectivity index (χ0n) is 8.12. The van der Waals surface area contributed by atoms with Crippen molar-refractivity contribution in [3.8, 4) is 6.07 Å². The molecule has 0 spiro atoms. The number of nitriles is 1. The first kappa shape index (κ1) is 9.50. The smallest absolute Gasteiger partial charge is 0.0952 e. The standard InChI is InChI=1S/C9H17N3/c1-8(6-10)12-5-4-11(3)7-9(12)2/h8-9H,4-5,7H2,1-3H3. The largest absolute Gasteiger partial charge is 0.304 e. The molecule has 0 aromatic heterocycles. The average molecular weight is 167 g/mol. The summed E-state index contributed by atoms with van der Waals surface area (Å²) in [4.78, 5) is 4.57. The van der Waals surface area contributed by atoms with Crippen LogP contribution in [0.4, 0.5) is 0 Å². The Morgan fingerprint density at radius 2 is 2.17 bits per heavy atom. The van der Waals surface area contributed by atoms with Gasteiger partial charge in [-0.3, -0.25) is 4.90 Å². The van der Waals surface area contributed by atoms with Crippen LogP contribution >= 0.6 is 0 Å². The predicted molar refractivity (Wildman–Crippen MR) is 48.7 cm³/mol. The average Bonchev–Trinajstić information content (AvgIpc) is 2.03. The number of nitrogens with zero attached hydrogens (tertiary/aromatic N) is 3. The maximum Gasteiger partial charge on any atom is 0.0952 e. The minimum atomic E-state index is 0.0636. The fraction of sp³-hybridized carbons (Fsp3) is 0.889. The lowest BCUT2D eigenvalue weighted by molar-refractivity contribution is 0.0855. The Morgan fingerprint density at radius 1 is 1.50 bits per heavy atom. The number of piperazine rings is 1. The summed E-state index contributed by atoms with van der Waals surface area (Å²) in [5.41, 5.74) is 0. The van der Waals surface area contributed by atoms with Crippen LogP contribution in [0.15, 0.2) is 0 Å². The van der Waals surface area contributed by atoms with Crippen LogP contribution in [0.1, 0.15) is 13.8 Å². The Labute approximate surface area is 74.6 Å². The number of hydrogen-bond donors (Lipinski definition) is 0. The van der Waals surface area contributed by atoms with Crippen molar-refractivity contribution in [2.75, 3.05) is 26.7 Å². The third kappa shape index (κ3) is 1.96. The molecule has 1 aliphatic heterocycles. The van der Waals surface area contributed by atoms with E-state index in [1.54, 1.807) is 0 Å². The van der Waals surface area contributed by atoms with Gasteiger partial charge in [0.1, 0.15) is 0 Å². The van der Waals surface area contributed by atoms with Gasteiger partial charge in [0.05, 0.1) is 12.1 Å². The molecule has 12 heavy (non-hydrogen) atoms. The van der Waals surface area contributed by atoms with Crippen LogP contribution in [-0.2, 0) is 0 Å². The highest BCUT2D eigenvalue weighted by molar-refractivity contribution is 4.92. The minimum Gasteiger partial charge on any atom is -0.304 e. The first-order chi connectivity index (χ1) is 5.65. The van der Waals surface area contributed by atoms with Crippen molar-refractivity contribution in [2.24, 2.45) is 0 Å². The van der Waals surface area contributed by atoms with Crippen LogP contribution in [0.25, 0.3) is 0 Å². The Bertz CT molecular complexity index is 185. The van der Waals surface area contributed by atoms with Crippen molar-refractivity contribution < 1.29 is 0 Å². The second-order valence-electron chi connectivity index (χ2n) is 3.65. The molecule has 68 valence electrons. The zero-order chi connectivity index (χ0) is 9.14. The van der Waals surface area contributed by atoms with Gasteiger partial charge in [-0.2, -0.15) is 5.26 Å². The number of rotatable bonds is 1. The van der Waals surface area contributed by atoms with Gasteiger partial charge in [0.2, 0.25) is 0 Å². The fourth-order valence-corrected chi connectivity index (χ4v) is 1.80. The topological polar surface area (TPSA) is 30.3 Å². The first-order valence-electron chi connectivity index (χ1n) is 4.49. The molecule has 0 radical (unpaired) electrons. The molecule has 0 aromatic rings. The zero-order valence-corrected chi connectivity index (χ0v) is 8.12. The van der Waals surface area contributed by atoms with E-state index in [1.807, 2.05) is 6.92 Å². The fourth-order valence-electron chi connectivity index (χ4n) is 1.80. The quantitative estimate of drug-likeness (QED) is 0.571. The number of likely N-dealkylation sites (N-methyl/N-ethyl adjacent to an activating group) is 1. The first-order valence-corrected chi connectivity index (χ1v) is 4.49. The molecule has 0 amide bonds. The van der Waals surface area contributed by atoms with Gasteiger partial charge in [0.15, 0.2) is 0 Å². The van der Waals surface area contributed by atoms with Crippen molar-refractivity contribution in [1.82, 2.24) is 9.80 Å². The summed E-state index contributed by atoms with van der Waals surface area (Å²) in [6.07, 6.45) is 0. The van der Waals surface area contributed by atoms with E-state index < -0.39 is 0 Å². The lowest BCUT2D eigenvalue weighted by Gasteiger charge is -2.39. The molecule has 0 N–H and O–H groups in total. The number of hydrogen-bond acceptors (Lipinski definition) is 3. The van der Waals surface area contributed by atoms with Crippen molar-refractivity contribution >= 4 is 0 Å². The summed E-state index contributed by atoms with van der Waals surface area (Å²) in [7, 11) is 2.13. The normalized spacial score (nSPS) is 29.7. The van der Waals surface area contributed by atoms with Crippen LogP contribution in [0.5, 0.6) is 0 Å². The molecular weight excluding hydrogens is 150 g/mol. The highest BCUT2D eigenvalue weighted by Gasteiger charge is 2.24. The van der Waals surface area contributed by atoms with Gasteiger partial charge in [-0.25, -0.2) is 0 Å². The van der Waals surface area contributed by atoms with E-state index in [-0.39, 0.29) is 6.04 Å². The van der Waals surface area contributed by atoms with E-state index in [1.165, 1.54) is 0 Å². The van der Waals surface area contributed by atoms with Crippen molar-refractivity contribution in [3.63, 3.8) is 0 Å². The molecule has 3 nitrogen and oxygen atoms in total. The Morgan fingerprint density at radius 3 is 2.67 bits per heavy atom. The van der Waals surface area contributed by atoms with Crippen LogP contribution in [-0.4, -0.2) is 48.6 Å².